The third-order valence-electron chi connectivity index (χ3n) is 4.16. The lowest BCUT2D eigenvalue weighted by molar-refractivity contribution is -0.123. The van der Waals surface area contributed by atoms with Crippen molar-refractivity contribution in [3.8, 4) is 16.9 Å². The summed E-state index contributed by atoms with van der Waals surface area (Å²) >= 11 is 0. The molecule has 29 heavy (non-hydrogen) atoms. The van der Waals surface area contributed by atoms with E-state index in [0.717, 1.165) is 29.3 Å². The number of phenols is 1. The smallest absolute Gasteiger partial charge is 0.338 e. The Bertz CT molecular complexity index is 1030. The Balaban J connectivity index is 1.63. The van der Waals surface area contributed by atoms with Crippen LogP contribution in [-0.2, 0) is 9.53 Å². The minimum Gasteiger partial charge on any atom is -0.508 e. The number of aromatic hydroxyl groups is 1. The van der Waals surface area contributed by atoms with Gasteiger partial charge in [0.2, 0.25) is 0 Å². The summed E-state index contributed by atoms with van der Waals surface area (Å²) in [6, 6.07) is 15.7. The summed E-state index contributed by atoms with van der Waals surface area (Å²) in [6.45, 7) is 1.33. The largest absolute Gasteiger partial charge is 0.508 e. The molecular formula is C22H17F2NO4. The number of anilines is 1. The van der Waals surface area contributed by atoms with Gasteiger partial charge in [0.25, 0.3) is 5.91 Å². The predicted molar refractivity (Wildman–Crippen MR) is 103 cm³/mol. The molecule has 0 aliphatic carbocycles. The van der Waals surface area contributed by atoms with Gasteiger partial charge in [0.05, 0.1) is 11.3 Å². The van der Waals surface area contributed by atoms with Gasteiger partial charge in [0.1, 0.15) is 17.4 Å². The lowest BCUT2D eigenvalue weighted by Crippen LogP contribution is -2.30. The van der Waals surface area contributed by atoms with E-state index in [1.165, 1.54) is 6.92 Å². The first-order valence-corrected chi connectivity index (χ1v) is 8.70. The lowest BCUT2D eigenvalue weighted by atomic mass is 10.0. The number of nitrogens with one attached hydrogen (secondary N) is 1. The number of phenolic OH excluding ortho intramolecular Hbond substituents is 1. The van der Waals surface area contributed by atoms with Crippen LogP contribution >= 0.6 is 0 Å². The Labute approximate surface area is 165 Å². The van der Waals surface area contributed by atoms with Crippen molar-refractivity contribution in [2.75, 3.05) is 5.32 Å². The SMILES string of the molecule is C[C@@H](OC(=O)c1ccc(-c2ccc(O)cc2)cc1)C(=O)Nc1cc(F)ccc1F. The minimum atomic E-state index is -1.22. The Morgan fingerprint density at radius 2 is 1.52 bits per heavy atom. The van der Waals surface area contributed by atoms with Gasteiger partial charge in [-0.2, -0.15) is 0 Å². The Hall–Kier alpha value is -3.74. The standard InChI is InChI=1S/C22H17F2NO4/c1-13(21(27)25-20-12-17(23)8-11-19(20)24)29-22(28)16-4-2-14(3-5-16)15-6-9-18(26)10-7-15/h2-13,26H,1H3,(H,25,27)/t13-/m1/s1. The molecule has 7 heteroatoms. The van der Waals surface area contributed by atoms with Gasteiger partial charge in [-0.3, -0.25) is 4.79 Å². The highest BCUT2D eigenvalue weighted by molar-refractivity contribution is 5.97. The first-order valence-electron chi connectivity index (χ1n) is 8.70. The Morgan fingerprint density at radius 3 is 2.14 bits per heavy atom. The molecule has 0 heterocycles. The van der Waals surface area contributed by atoms with Crippen molar-refractivity contribution >= 4 is 17.6 Å². The summed E-state index contributed by atoms with van der Waals surface area (Å²) in [7, 11) is 0. The molecule has 0 spiro atoms. The van der Waals surface area contributed by atoms with E-state index in [-0.39, 0.29) is 17.0 Å². The van der Waals surface area contributed by atoms with Crippen molar-refractivity contribution < 1.29 is 28.2 Å². The van der Waals surface area contributed by atoms with E-state index >= 15 is 0 Å². The van der Waals surface area contributed by atoms with E-state index in [2.05, 4.69) is 5.32 Å². The van der Waals surface area contributed by atoms with Crippen LogP contribution in [0, 0.1) is 11.6 Å². The third kappa shape index (κ3) is 4.95. The molecule has 0 aliphatic heterocycles. The minimum absolute atomic E-state index is 0.152. The molecule has 0 saturated carbocycles. The van der Waals surface area contributed by atoms with Crippen LogP contribution < -0.4 is 5.32 Å². The summed E-state index contributed by atoms with van der Waals surface area (Å²) in [6.07, 6.45) is -1.22. The zero-order valence-corrected chi connectivity index (χ0v) is 15.4. The van der Waals surface area contributed by atoms with Gasteiger partial charge in [0, 0.05) is 6.07 Å². The maximum Gasteiger partial charge on any atom is 0.338 e. The molecule has 5 nitrogen and oxygen atoms in total. The van der Waals surface area contributed by atoms with Crippen LogP contribution in [-0.4, -0.2) is 23.1 Å². The van der Waals surface area contributed by atoms with Gasteiger partial charge in [-0.05, 0) is 54.4 Å². The zero-order chi connectivity index (χ0) is 21.0. The number of hydrogen-bond acceptors (Lipinski definition) is 4. The van der Waals surface area contributed by atoms with Crippen molar-refractivity contribution in [3.05, 3.63) is 83.9 Å². The molecule has 0 aliphatic rings. The highest BCUT2D eigenvalue weighted by Crippen LogP contribution is 2.22. The fourth-order valence-electron chi connectivity index (χ4n) is 2.56. The topological polar surface area (TPSA) is 75.6 Å². The molecule has 1 atom stereocenters. The highest BCUT2D eigenvalue weighted by Gasteiger charge is 2.20. The molecule has 148 valence electrons. The highest BCUT2D eigenvalue weighted by atomic mass is 19.1. The second-order valence-corrected chi connectivity index (χ2v) is 6.29. The molecule has 0 saturated heterocycles. The van der Waals surface area contributed by atoms with Crippen molar-refractivity contribution in [1.29, 1.82) is 0 Å². The summed E-state index contributed by atoms with van der Waals surface area (Å²) < 4.78 is 31.9. The monoisotopic (exact) mass is 397 g/mol. The number of esters is 1. The maximum atomic E-state index is 13.6. The van der Waals surface area contributed by atoms with Gasteiger partial charge in [-0.1, -0.05) is 24.3 Å². The maximum absolute atomic E-state index is 13.6. The van der Waals surface area contributed by atoms with Crippen LogP contribution in [0.2, 0.25) is 0 Å². The first kappa shape index (κ1) is 20.0. The molecule has 0 bridgehead atoms. The predicted octanol–water partition coefficient (Wildman–Crippen LogP) is 4.52. The van der Waals surface area contributed by atoms with Crippen molar-refractivity contribution in [1.82, 2.24) is 0 Å². The van der Waals surface area contributed by atoms with Gasteiger partial charge in [-0.15, -0.1) is 0 Å². The van der Waals surface area contributed by atoms with Crippen molar-refractivity contribution in [2.24, 2.45) is 0 Å². The number of rotatable bonds is 5. The Morgan fingerprint density at radius 1 is 0.931 bits per heavy atom. The van der Waals surface area contributed by atoms with Crippen LogP contribution in [0.15, 0.2) is 66.7 Å². The quantitative estimate of drug-likeness (QED) is 0.621. The van der Waals surface area contributed by atoms with E-state index in [4.69, 9.17) is 4.74 Å². The van der Waals surface area contributed by atoms with E-state index in [0.29, 0.717) is 0 Å². The Kier molecular flexibility index (Phi) is 5.87. The molecule has 0 aromatic heterocycles. The molecule has 0 radical (unpaired) electrons. The van der Waals surface area contributed by atoms with Crippen LogP contribution in [0.4, 0.5) is 14.5 Å². The lowest BCUT2D eigenvalue weighted by Gasteiger charge is -2.14. The number of halogens is 2. The van der Waals surface area contributed by atoms with E-state index in [1.807, 2.05) is 0 Å². The molecule has 0 fully saturated rings. The second kappa shape index (κ2) is 8.52. The van der Waals surface area contributed by atoms with E-state index in [9.17, 15) is 23.5 Å². The van der Waals surface area contributed by atoms with Crippen LogP contribution in [0.3, 0.4) is 0 Å². The fourth-order valence-corrected chi connectivity index (χ4v) is 2.56. The number of amides is 1. The average Bonchev–Trinajstić information content (AvgIpc) is 2.71. The molecule has 3 rings (SSSR count). The van der Waals surface area contributed by atoms with Gasteiger partial charge < -0.3 is 15.2 Å². The van der Waals surface area contributed by atoms with E-state index in [1.54, 1.807) is 48.5 Å². The summed E-state index contributed by atoms with van der Waals surface area (Å²) in [5.74, 6) is -2.88. The third-order valence-corrected chi connectivity index (χ3v) is 4.16. The number of hydrogen-bond donors (Lipinski definition) is 2. The van der Waals surface area contributed by atoms with Crippen LogP contribution in [0.1, 0.15) is 17.3 Å². The summed E-state index contributed by atoms with van der Waals surface area (Å²) in [5.41, 5.74) is 1.57. The fraction of sp³-hybridized carbons (Fsp3) is 0.0909. The molecule has 3 aromatic rings. The summed E-state index contributed by atoms with van der Waals surface area (Å²) in [5, 5.41) is 11.5. The van der Waals surface area contributed by atoms with E-state index < -0.39 is 29.6 Å². The number of carbonyl (C=O) groups excluding carboxylic acids is 2. The van der Waals surface area contributed by atoms with Crippen LogP contribution in [0.5, 0.6) is 5.75 Å². The van der Waals surface area contributed by atoms with Crippen LogP contribution in [0.25, 0.3) is 11.1 Å². The van der Waals surface area contributed by atoms with Crippen molar-refractivity contribution in [3.63, 3.8) is 0 Å². The number of carbonyl (C=O) groups is 2. The summed E-state index contributed by atoms with van der Waals surface area (Å²) in [4.78, 5) is 24.4. The first-order chi connectivity index (χ1) is 13.8. The molecule has 2 N–H and O–H groups in total. The normalized spacial score (nSPS) is 11.6. The average molecular weight is 397 g/mol. The molecular weight excluding hydrogens is 380 g/mol. The van der Waals surface area contributed by atoms with Crippen molar-refractivity contribution in [2.45, 2.75) is 13.0 Å². The van der Waals surface area contributed by atoms with Gasteiger partial charge >= 0.3 is 5.97 Å². The molecule has 1 amide bonds. The molecule has 0 unspecified atom stereocenters. The van der Waals surface area contributed by atoms with Gasteiger partial charge in [0.15, 0.2) is 6.10 Å². The second-order valence-electron chi connectivity index (χ2n) is 6.29. The number of benzene rings is 3. The molecule has 3 aromatic carbocycles. The number of ether oxygens (including phenoxy) is 1. The zero-order valence-electron chi connectivity index (χ0n) is 15.4. The van der Waals surface area contributed by atoms with Gasteiger partial charge in [-0.25, -0.2) is 13.6 Å².